The lowest BCUT2D eigenvalue weighted by Gasteiger charge is -2.39. The van der Waals surface area contributed by atoms with E-state index in [1.165, 1.54) is 30.7 Å². The van der Waals surface area contributed by atoms with Gasteiger partial charge in [-0.25, -0.2) is 9.67 Å². The van der Waals surface area contributed by atoms with Crippen LogP contribution in [0.1, 0.15) is 66.5 Å². The Kier molecular flexibility index (Phi) is 6.00. The summed E-state index contributed by atoms with van der Waals surface area (Å²) in [5, 5.41) is 4.90. The van der Waals surface area contributed by atoms with Crippen molar-refractivity contribution in [1.82, 2.24) is 19.7 Å². The summed E-state index contributed by atoms with van der Waals surface area (Å²) in [6.45, 7) is 4.91. The van der Waals surface area contributed by atoms with Gasteiger partial charge in [0.25, 0.3) is 0 Å². The van der Waals surface area contributed by atoms with Gasteiger partial charge in [0, 0.05) is 49.6 Å². The van der Waals surface area contributed by atoms with Crippen molar-refractivity contribution in [1.29, 1.82) is 0 Å². The zero-order chi connectivity index (χ0) is 24.9. The molecule has 3 aromatic rings. The Balaban J connectivity index is 1.22. The number of aromatic nitrogens is 4. The van der Waals surface area contributed by atoms with Crippen LogP contribution in [-0.4, -0.2) is 32.8 Å². The van der Waals surface area contributed by atoms with E-state index < -0.39 is 11.7 Å². The Hall–Kier alpha value is -2.90. The number of halogens is 3. The average Bonchev–Trinajstić information content (AvgIpc) is 3.25. The molecule has 8 heteroatoms. The van der Waals surface area contributed by atoms with Crippen LogP contribution in [-0.2, 0) is 19.1 Å². The van der Waals surface area contributed by atoms with Crippen LogP contribution in [0.2, 0.25) is 0 Å². The van der Waals surface area contributed by atoms with Gasteiger partial charge < -0.3 is 4.90 Å². The highest BCUT2D eigenvalue weighted by molar-refractivity contribution is 5.47. The number of benzene rings is 1. The normalized spacial score (nSPS) is 26.1. The van der Waals surface area contributed by atoms with Crippen LogP contribution < -0.4 is 4.90 Å². The first-order valence-corrected chi connectivity index (χ1v) is 13.1. The predicted octanol–water partition coefficient (Wildman–Crippen LogP) is 6.02. The van der Waals surface area contributed by atoms with Crippen LogP contribution in [0.5, 0.6) is 0 Å². The van der Waals surface area contributed by atoms with E-state index in [1.54, 1.807) is 6.07 Å². The van der Waals surface area contributed by atoms with E-state index >= 15 is 0 Å². The molecule has 1 saturated heterocycles. The molecule has 4 atom stereocenters. The van der Waals surface area contributed by atoms with Gasteiger partial charge in [0.1, 0.15) is 5.82 Å². The molecular formula is C28H32F3N5. The van der Waals surface area contributed by atoms with Gasteiger partial charge in [-0.2, -0.15) is 18.3 Å². The van der Waals surface area contributed by atoms with Crippen LogP contribution in [0.4, 0.5) is 18.9 Å². The van der Waals surface area contributed by atoms with Gasteiger partial charge in [0.05, 0.1) is 5.56 Å². The van der Waals surface area contributed by atoms with Crippen molar-refractivity contribution < 1.29 is 13.2 Å². The molecule has 4 heterocycles. The average molecular weight is 496 g/mol. The van der Waals surface area contributed by atoms with Crippen LogP contribution in [0.25, 0.3) is 0 Å². The molecule has 2 bridgehead atoms. The minimum Gasteiger partial charge on any atom is -0.371 e. The van der Waals surface area contributed by atoms with Gasteiger partial charge in [-0.1, -0.05) is 24.6 Å². The van der Waals surface area contributed by atoms with Gasteiger partial charge in [-0.05, 0) is 74.1 Å². The number of pyridine rings is 1. The maximum atomic E-state index is 13.4. The van der Waals surface area contributed by atoms with E-state index in [9.17, 15) is 13.2 Å². The first-order valence-electron chi connectivity index (χ1n) is 13.1. The quantitative estimate of drug-likeness (QED) is 0.444. The summed E-state index contributed by atoms with van der Waals surface area (Å²) in [6, 6.07) is 10.0. The Bertz CT molecular complexity index is 1220. The number of piperidine rings is 1. The predicted molar refractivity (Wildman–Crippen MR) is 132 cm³/mol. The Morgan fingerprint density at radius 3 is 2.56 bits per heavy atom. The number of hydrogen-bond donors (Lipinski definition) is 0. The minimum atomic E-state index is -4.34. The highest BCUT2D eigenvalue weighted by atomic mass is 19.4. The molecule has 0 radical (unpaired) electrons. The third kappa shape index (κ3) is 4.50. The highest BCUT2D eigenvalue weighted by Crippen LogP contribution is 2.45. The molecule has 1 aromatic carbocycles. The van der Waals surface area contributed by atoms with E-state index in [-0.39, 0.29) is 5.92 Å². The maximum Gasteiger partial charge on any atom is 0.416 e. The van der Waals surface area contributed by atoms with Gasteiger partial charge in [-0.15, -0.1) is 0 Å². The summed E-state index contributed by atoms with van der Waals surface area (Å²) in [4.78, 5) is 11.8. The molecule has 36 heavy (non-hydrogen) atoms. The molecular weight excluding hydrogens is 463 g/mol. The lowest BCUT2D eigenvalue weighted by atomic mass is 9.82. The van der Waals surface area contributed by atoms with E-state index in [0.717, 1.165) is 68.7 Å². The van der Waals surface area contributed by atoms with Crippen molar-refractivity contribution in [3.63, 3.8) is 0 Å². The number of rotatable bonds is 4. The lowest BCUT2D eigenvalue weighted by molar-refractivity contribution is -0.137. The zero-order valence-corrected chi connectivity index (χ0v) is 20.6. The number of anilines is 1. The van der Waals surface area contributed by atoms with Crippen molar-refractivity contribution in [3.05, 3.63) is 71.1 Å². The van der Waals surface area contributed by atoms with Crippen molar-refractivity contribution in [2.45, 2.75) is 64.1 Å². The number of fused-ring (bicyclic) bond motifs is 3. The lowest BCUT2D eigenvalue weighted by Crippen LogP contribution is -2.42. The molecule has 0 N–H and O–H groups in total. The molecule has 1 saturated carbocycles. The number of hydrogen-bond acceptors (Lipinski definition) is 4. The molecule has 1 aliphatic carbocycles. The maximum absolute atomic E-state index is 13.4. The van der Waals surface area contributed by atoms with E-state index in [4.69, 9.17) is 10.1 Å². The van der Waals surface area contributed by atoms with Gasteiger partial charge in [0.2, 0.25) is 0 Å². The monoisotopic (exact) mass is 495 g/mol. The second-order valence-electron chi connectivity index (χ2n) is 10.8. The summed E-state index contributed by atoms with van der Waals surface area (Å²) in [5.41, 5.74) is 2.39. The largest absolute Gasteiger partial charge is 0.416 e. The molecule has 2 fully saturated rings. The molecule has 6 rings (SSSR count). The number of nitrogens with zero attached hydrogens (tertiary/aromatic N) is 5. The molecule has 0 amide bonds. The second-order valence-corrected chi connectivity index (χ2v) is 10.8. The van der Waals surface area contributed by atoms with Crippen molar-refractivity contribution in [2.24, 2.45) is 17.8 Å². The fraction of sp³-hybridized carbons (Fsp3) is 0.536. The highest BCUT2D eigenvalue weighted by Gasteiger charge is 2.43. The second kappa shape index (κ2) is 9.20. The van der Waals surface area contributed by atoms with Crippen LogP contribution in [0.3, 0.4) is 0 Å². The van der Waals surface area contributed by atoms with Crippen LogP contribution in [0.15, 0.2) is 42.6 Å². The third-order valence-electron chi connectivity index (χ3n) is 8.48. The Labute approximate surface area is 209 Å². The number of aryl methyl sites for hydroxylation is 2. The molecule has 190 valence electrons. The fourth-order valence-electron chi connectivity index (χ4n) is 6.72. The SMILES string of the molecule is Cc1cc(N2C[C@H]3CC[C@@H](C2)C3Cc2nc3n(n2)CCCC[C@@H]3c2cccc(C(F)(F)F)c2)ccn1. The third-order valence-corrected chi connectivity index (χ3v) is 8.48. The topological polar surface area (TPSA) is 46.8 Å². The Morgan fingerprint density at radius 2 is 1.81 bits per heavy atom. The first kappa shape index (κ1) is 23.5. The van der Waals surface area contributed by atoms with Crippen molar-refractivity contribution >= 4 is 5.69 Å². The summed E-state index contributed by atoms with van der Waals surface area (Å²) in [5.74, 6) is 3.32. The Morgan fingerprint density at radius 1 is 1.00 bits per heavy atom. The molecule has 1 unspecified atom stereocenters. The van der Waals surface area contributed by atoms with Crippen LogP contribution in [0, 0.1) is 24.7 Å². The molecule has 2 aromatic heterocycles. The summed E-state index contributed by atoms with van der Waals surface area (Å²) in [7, 11) is 0. The van der Waals surface area contributed by atoms with Crippen molar-refractivity contribution in [3.8, 4) is 0 Å². The first-order chi connectivity index (χ1) is 17.3. The summed E-state index contributed by atoms with van der Waals surface area (Å²) in [6.07, 6.45) is 3.60. The van der Waals surface area contributed by atoms with E-state index in [0.29, 0.717) is 23.3 Å². The fourth-order valence-corrected chi connectivity index (χ4v) is 6.72. The molecule has 2 aliphatic heterocycles. The zero-order valence-electron chi connectivity index (χ0n) is 20.6. The van der Waals surface area contributed by atoms with E-state index in [1.807, 2.05) is 17.8 Å². The standard InChI is InChI=1S/C28H32F3N5/c1-18-13-23(10-11-32-18)35-16-20-8-9-21(17-35)25(20)15-26-33-27-24(7-2-3-12-36(27)34-26)19-5-4-6-22(14-19)28(29,30)31/h4-6,10-11,13-14,20-21,24-25H,2-3,7-9,12,15-17H2,1H3/t20-,21+,24-,25?/m1/s1. The van der Waals surface area contributed by atoms with Gasteiger partial charge in [-0.3, -0.25) is 4.98 Å². The van der Waals surface area contributed by atoms with Gasteiger partial charge in [0.15, 0.2) is 5.82 Å². The van der Waals surface area contributed by atoms with Gasteiger partial charge >= 0.3 is 6.18 Å². The molecule has 5 nitrogen and oxygen atoms in total. The van der Waals surface area contributed by atoms with Crippen LogP contribution >= 0.6 is 0 Å². The number of alkyl halides is 3. The molecule has 3 aliphatic rings. The molecule has 0 spiro atoms. The summed E-state index contributed by atoms with van der Waals surface area (Å²) >= 11 is 0. The summed E-state index contributed by atoms with van der Waals surface area (Å²) < 4.78 is 42.1. The van der Waals surface area contributed by atoms with Crippen molar-refractivity contribution in [2.75, 3.05) is 18.0 Å². The minimum absolute atomic E-state index is 0.149. The van der Waals surface area contributed by atoms with E-state index in [2.05, 4.69) is 22.0 Å². The smallest absolute Gasteiger partial charge is 0.371 e.